The summed E-state index contributed by atoms with van der Waals surface area (Å²) in [5.74, 6) is 0. The Labute approximate surface area is 94.8 Å². The molecule has 0 N–H and O–H groups in total. The van der Waals surface area contributed by atoms with Gasteiger partial charge in [0.25, 0.3) is 0 Å². The van der Waals surface area contributed by atoms with Crippen molar-refractivity contribution in [3.8, 4) is 0 Å². The van der Waals surface area contributed by atoms with Gasteiger partial charge >= 0.3 is 8.25 Å². The molecule has 0 spiro atoms. The molecule has 0 aliphatic rings. The smallest absolute Gasteiger partial charge is 0.311 e. The van der Waals surface area contributed by atoms with E-state index in [1.807, 2.05) is 6.92 Å². The molecule has 0 radical (unpaired) electrons. The van der Waals surface area contributed by atoms with Gasteiger partial charge in [-0.05, 0) is 19.8 Å². The van der Waals surface area contributed by atoms with Gasteiger partial charge in [0.05, 0.1) is 13.2 Å². The van der Waals surface area contributed by atoms with Crippen molar-refractivity contribution in [1.82, 2.24) is 0 Å². The molecular weight excluding hydrogens is 211 g/mol. The van der Waals surface area contributed by atoms with Gasteiger partial charge in [-0.3, -0.25) is 4.57 Å². The van der Waals surface area contributed by atoms with E-state index in [-0.39, 0.29) is 0 Å². The van der Waals surface area contributed by atoms with E-state index in [0.29, 0.717) is 13.2 Å². The SMILES string of the molecule is C=CC.CCCCO[PH](=O)OCCCC. The van der Waals surface area contributed by atoms with E-state index >= 15 is 0 Å². The first kappa shape index (κ1) is 17.3. The molecule has 0 amide bonds. The predicted octanol–water partition coefficient (Wildman–Crippen LogP) is 4.20. The predicted molar refractivity (Wildman–Crippen MR) is 66.6 cm³/mol. The van der Waals surface area contributed by atoms with E-state index in [1.165, 1.54) is 0 Å². The zero-order valence-corrected chi connectivity index (χ0v) is 11.3. The highest BCUT2D eigenvalue weighted by atomic mass is 31.1. The lowest BCUT2D eigenvalue weighted by molar-refractivity contribution is 0.221. The number of hydrogen-bond acceptors (Lipinski definition) is 3. The zero-order chi connectivity index (χ0) is 11.9. The van der Waals surface area contributed by atoms with Crippen molar-refractivity contribution in [2.75, 3.05) is 13.2 Å². The molecular formula is C11H25O3P. The van der Waals surface area contributed by atoms with Crippen LogP contribution in [0.1, 0.15) is 46.5 Å². The fourth-order valence-electron chi connectivity index (χ4n) is 0.641. The summed E-state index contributed by atoms with van der Waals surface area (Å²) in [6.07, 6.45) is 5.77. The summed E-state index contributed by atoms with van der Waals surface area (Å²) in [5.41, 5.74) is 0. The van der Waals surface area contributed by atoms with Crippen LogP contribution in [-0.2, 0) is 13.6 Å². The van der Waals surface area contributed by atoms with Crippen molar-refractivity contribution in [3.63, 3.8) is 0 Å². The highest BCUT2D eigenvalue weighted by Crippen LogP contribution is 2.24. The fraction of sp³-hybridized carbons (Fsp3) is 0.818. The normalized spacial score (nSPS) is 9.60. The van der Waals surface area contributed by atoms with Crippen molar-refractivity contribution in [3.05, 3.63) is 12.7 Å². The maximum atomic E-state index is 10.9. The summed E-state index contributed by atoms with van der Waals surface area (Å²) in [6, 6.07) is 0. The molecule has 0 bridgehead atoms. The van der Waals surface area contributed by atoms with Crippen LogP contribution in [0, 0.1) is 0 Å². The largest absolute Gasteiger partial charge is 0.319 e. The molecule has 0 aliphatic heterocycles. The molecule has 92 valence electrons. The summed E-state index contributed by atoms with van der Waals surface area (Å²) in [4.78, 5) is 0. The van der Waals surface area contributed by atoms with Gasteiger partial charge < -0.3 is 9.05 Å². The second-order valence-electron chi connectivity index (χ2n) is 3.06. The first-order chi connectivity index (χ1) is 7.22. The Balaban J connectivity index is 0. The lowest BCUT2D eigenvalue weighted by atomic mass is 10.4. The Morgan fingerprint density at radius 1 is 1.13 bits per heavy atom. The molecule has 0 aromatic carbocycles. The highest BCUT2D eigenvalue weighted by Gasteiger charge is 1.97. The topological polar surface area (TPSA) is 35.5 Å². The van der Waals surface area contributed by atoms with Crippen LogP contribution in [0.15, 0.2) is 12.7 Å². The molecule has 0 aromatic heterocycles. The van der Waals surface area contributed by atoms with Gasteiger partial charge in [-0.1, -0.05) is 32.8 Å². The second-order valence-corrected chi connectivity index (χ2v) is 4.14. The first-order valence-electron chi connectivity index (χ1n) is 5.59. The van der Waals surface area contributed by atoms with Crippen LogP contribution in [0.5, 0.6) is 0 Å². The van der Waals surface area contributed by atoms with Gasteiger partial charge in [0.15, 0.2) is 0 Å². The quantitative estimate of drug-likeness (QED) is 0.360. The Morgan fingerprint density at radius 2 is 1.47 bits per heavy atom. The Bertz CT molecular complexity index is 137. The molecule has 0 atom stereocenters. The summed E-state index contributed by atoms with van der Waals surface area (Å²) in [7, 11) is -2.18. The summed E-state index contributed by atoms with van der Waals surface area (Å²) in [6.45, 7) is 10.5. The van der Waals surface area contributed by atoms with E-state index in [0.717, 1.165) is 25.7 Å². The lowest BCUT2D eigenvalue weighted by Gasteiger charge is -2.03. The molecule has 0 saturated heterocycles. The molecule has 0 heterocycles. The van der Waals surface area contributed by atoms with Crippen LogP contribution < -0.4 is 0 Å². The zero-order valence-electron chi connectivity index (χ0n) is 10.3. The standard InChI is InChI=1S/C8H19O3P.C3H6/c1-3-5-7-10-12(9)11-8-6-4-2;1-3-2/h12H,3-8H2,1-2H3;3H,1H2,2H3. The molecule has 3 nitrogen and oxygen atoms in total. The molecule has 0 aliphatic carbocycles. The minimum atomic E-state index is -2.18. The van der Waals surface area contributed by atoms with E-state index in [2.05, 4.69) is 20.4 Å². The van der Waals surface area contributed by atoms with Crippen molar-refractivity contribution in [1.29, 1.82) is 0 Å². The Kier molecular flexibility index (Phi) is 18.8. The summed E-state index contributed by atoms with van der Waals surface area (Å²) in [5, 5.41) is 0. The highest BCUT2D eigenvalue weighted by molar-refractivity contribution is 7.33. The van der Waals surface area contributed by atoms with Crippen molar-refractivity contribution >= 4 is 8.25 Å². The summed E-state index contributed by atoms with van der Waals surface area (Å²) >= 11 is 0. The fourth-order valence-corrected chi connectivity index (χ4v) is 1.35. The molecule has 4 heteroatoms. The monoisotopic (exact) mass is 236 g/mol. The number of allylic oxidation sites excluding steroid dienone is 1. The Hall–Kier alpha value is -0.110. The van der Waals surface area contributed by atoms with Crippen molar-refractivity contribution in [2.24, 2.45) is 0 Å². The van der Waals surface area contributed by atoms with Crippen LogP contribution in [-0.4, -0.2) is 13.2 Å². The van der Waals surface area contributed by atoms with Crippen LogP contribution in [0.3, 0.4) is 0 Å². The molecule has 0 saturated carbocycles. The maximum absolute atomic E-state index is 10.9. The minimum absolute atomic E-state index is 0.556. The van der Waals surface area contributed by atoms with Crippen molar-refractivity contribution in [2.45, 2.75) is 46.5 Å². The maximum Gasteiger partial charge on any atom is 0.319 e. The average Bonchev–Trinajstić information content (AvgIpc) is 2.20. The van der Waals surface area contributed by atoms with Crippen LogP contribution >= 0.6 is 8.25 Å². The van der Waals surface area contributed by atoms with Crippen molar-refractivity contribution < 1.29 is 13.6 Å². The van der Waals surface area contributed by atoms with E-state index in [1.54, 1.807) is 6.08 Å². The van der Waals surface area contributed by atoms with E-state index < -0.39 is 8.25 Å². The Morgan fingerprint density at radius 3 is 1.73 bits per heavy atom. The van der Waals surface area contributed by atoms with Gasteiger partial charge in [0, 0.05) is 0 Å². The van der Waals surface area contributed by atoms with E-state index in [4.69, 9.17) is 9.05 Å². The molecule has 0 rings (SSSR count). The van der Waals surface area contributed by atoms with Gasteiger partial charge in [-0.2, -0.15) is 0 Å². The lowest BCUT2D eigenvalue weighted by Crippen LogP contribution is -1.90. The third kappa shape index (κ3) is 20.1. The van der Waals surface area contributed by atoms with Gasteiger partial charge in [0.1, 0.15) is 0 Å². The van der Waals surface area contributed by atoms with Gasteiger partial charge in [0.2, 0.25) is 0 Å². The van der Waals surface area contributed by atoms with Gasteiger partial charge in [-0.15, -0.1) is 6.58 Å². The van der Waals surface area contributed by atoms with Crippen LogP contribution in [0.4, 0.5) is 0 Å². The van der Waals surface area contributed by atoms with E-state index in [9.17, 15) is 4.57 Å². The molecule has 0 unspecified atom stereocenters. The third-order valence-electron chi connectivity index (χ3n) is 1.44. The molecule has 0 aromatic rings. The van der Waals surface area contributed by atoms with Crippen LogP contribution in [0.25, 0.3) is 0 Å². The second kappa shape index (κ2) is 16.3. The molecule has 0 fully saturated rings. The summed E-state index contributed by atoms with van der Waals surface area (Å²) < 4.78 is 20.8. The average molecular weight is 236 g/mol. The molecule has 15 heavy (non-hydrogen) atoms. The number of unbranched alkanes of at least 4 members (excludes halogenated alkanes) is 2. The van der Waals surface area contributed by atoms with Gasteiger partial charge in [-0.25, -0.2) is 0 Å². The number of hydrogen-bond donors (Lipinski definition) is 0. The minimum Gasteiger partial charge on any atom is -0.311 e. The number of rotatable bonds is 8. The third-order valence-corrected chi connectivity index (χ3v) is 2.32. The van der Waals surface area contributed by atoms with Crippen LogP contribution in [0.2, 0.25) is 0 Å². The first-order valence-corrected chi connectivity index (χ1v) is 6.81.